The Bertz CT molecular complexity index is 366. The molecule has 0 N–H and O–H groups in total. The van der Waals surface area contributed by atoms with Gasteiger partial charge in [-0.1, -0.05) is 42.1 Å². The maximum atomic E-state index is 4.73. The van der Waals surface area contributed by atoms with E-state index in [2.05, 4.69) is 35.2 Å². The predicted molar refractivity (Wildman–Crippen MR) is 67.8 cm³/mol. The van der Waals surface area contributed by atoms with Gasteiger partial charge in [0.25, 0.3) is 0 Å². The van der Waals surface area contributed by atoms with Crippen molar-refractivity contribution in [3.63, 3.8) is 0 Å². The molecule has 0 bridgehead atoms. The van der Waals surface area contributed by atoms with E-state index in [0.717, 1.165) is 6.54 Å². The van der Waals surface area contributed by atoms with Crippen LogP contribution in [0, 0.1) is 0 Å². The van der Waals surface area contributed by atoms with Crippen molar-refractivity contribution in [1.29, 1.82) is 0 Å². The molecule has 0 radical (unpaired) electrons. The molecule has 1 aromatic rings. The van der Waals surface area contributed by atoms with Gasteiger partial charge in [-0.25, -0.2) is 0 Å². The molecule has 1 saturated heterocycles. The Hall–Kier alpha value is 0.0400. The first-order valence-corrected chi connectivity index (χ1v) is 5.92. The van der Waals surface area contributed by atoms with Gasteiger partial charge in [-0.3, -0.25) is 4.99 Å². The first-order chi connectivity index (χ1) is 6.93. The monoisotopic (exact) mass is 228 g/mol. The molecule has 0 aromatic heterocycles. The van der Waals surface area contributed by atoms with Crippen molar-refractivity contribution in [3.8, 4) is 0 Å². The number of hydrogen-bond donors (Lipinski definition) is 0. The first kappa shape index (κ1) is 11.5. The van der Waals surface area contributed by atoms with Crippen LogP contribution in [-0.4, -0.2) is 58.5 Å². The van der Waals surface area contributed by atoms with Crippen LogP contribution in [0.3, 0.4) is 0 Å². The summed E-state index contributed by atoms with van der Waals surface area (Å²) < 4.78 is 0. The average molecular weight is 228 g/mol. The van der Waals surface area contributed by atoms with Crippen LogP contribution in [0.5, 0.6) is 0 Å². The van der Waals surface area contributed by atoms with Crippen molar-refractivity contribution < 1.29 is 0 Å². The number of fused-ring (bicyclic) bond motifs is 1. The van der Waals surface area contributed by atoms with Crippen LogP contribution in [0.15, 0.2) is 35.3 Å². The molecule has 1 atom stereocenters. The van der Waals surface area contributed by atoms with Gasteiger partial charge in [-0.15, -0.1) is 0 Å². The molecule has 1 aromatic carbocycles. The first-order valence-electron chi connectivity index (χ1n) is 4.94. The minimum absolute atomic E-state index is 0. The van der Waals surface area contributed by atoms with Gasteiger partial charge < -0.3 is 4.90 Å². The third kappa shape index (κ3) is 2.26. The van der Waals surface area contributed by atoms with Crippen molar-refractivity contribution >= 4 is 46.5 Å². The van der Waals surface area contributed by atoms with E-state index in [9.17, 15) is 0 Å². The summed E-state index contributed by atoms with van der Waals surface area (Å²) in [6, 6.07) is 10.9. The van der Waals surface area contributed by atoms with Crippen molar-refractivity contribution in [1.82, 2.24) is 4.90 Å². The second-order valence-corrected chi connectivity index (χ2v) is 4.69. The van der Waals surface area contributed by atoms with E-state index in [4.69, 9.17) is 4.99 Å². The summed E-state index contributed by atoms with van der Waals surface area (Å²) >= 11 is 1.89. The van der Waals surface area contributed by atoms with Crippen molar-refractivity contribution in [3.05, 3.63) is 35.9 Å². The molecule has 2 aliphatic rings. The quantitative estimate of drug-likeness (QED) is 0.677. The number of hydrogen-bond acceptors (Lipinski definition) is 3. The number of amidine groups is 1. The number of aliphatic imine (C=N–C) groups is 1. The van der Waals surface area contributed by atoms with E-state index in [-0.39, 0.29) is 29.6 Å². The average Bonchev–Trinajstić information content (AvgIpc) is 2.78. The maximum Gasteiger partial charge on any atom is 0.160 e. The molecule has 4 heteroatoms. The van der Waals surface area contributed by atoms with E-state index >= 15 is 0 Å². The third-order valence-corrected chi connectivity index (χ3v) is 3.72. The molecule has 2 nitrogen and oxygen atoms in total. The molecule has 0 amide bonds. The molecule has 2 aliphatic heterocycles. The fourth-order valence-corrected chi connectivity index (χ4v) is 3.00. The molecule has 74 valence electrons. The Morgan fingerprint density at radius 3 is 2.80 bits per heavy atom. The molecule has 0 spiro atoms. The summed E-state index contributed by atoms with van der Waals surface area (Å²) in [4.78, 5) is 7.12. The fraction of sp³-hybridized carbons (Fsp3) is 0.364. The molecule has 1 fully saturated rings. The third-order valence-electron chi connectivity index (χ3n) is 2.71. The standard InChI is InChI=1S/C11H12N2S.Na.H/c1-2-4-9(5-3-1)10-8-13-6-7-14-11(13)12-10;;/h1-5,10H,6-8H2;;/t10-;;/m1../s1. The van der Waals surface area contributed by atoms with E-state index < -0.39 is 0 Å². The Balaban J connectivity index is 0.000000853. The minimum Gasteiger partial charge on any atom is -0.348 e. The van der Waals surface area contributed by atoms with Crippen LogP contribution in [0.2, 0.25) is 0 Å². The van der Waals surface area contributed by atoms with Gasteiger partial charge >= 0.3 is 29.6 Å². The number of thioether (sulfide) groups is 1. The van der Waals surface area contributed by atoms with E-state index in [1.165, 1.54) is 23.0 Å². The topological polar surface area (TPSA) is 15.6 Å². The van der Waals surface area contributed by atoms with Crippen LogP contribution >= 0.6 is 11.8 Å². The minimum atomic E-state index is 0. The van der Waals surface area contributed by atoms with Gasteiger partial charge in [0.05, 0.1) is 6.04 Å². The summed E-state index contributed by atoms with van der Waals surface area (Å²) in [6.07, 6.45) is 0. The van der Waals surface area contributed by atoms with E-state index in [0.29, 0.717) is 6.04 Å². The molecule has 0 aliphatic carbocycles. The normalized spacial score (nSPS) is 23.3. The summed E-state index contributed by atoms with van der Waals surface area (Å²) in [5.74, 6) is 1.21. The van der Waals surface area contributed by atoms with Gasteiger partial charge in [0.15, 0.2) is 5.17 Å². The second-order valence-electron chi connectivity index (χ2n) is 3.63. The molecule has 15 heavy (non-hydrogen) atoms. The Morgan fingerprint density at radius 1 is 1.27 bits per heavy atom. The SMILES string of the molecule is [NaH].c1ccc([C@H]2CN3CCSC3=N2)cc1. The summed E-state index contributed by atoms with van der Waals surface area (Å²) in [7, 11) is 0. The van der Waals surface area contributed by atoms with Crippen LogP contribution in [0.4, 0.5) is 0 Å². The summed E-state index contributed by atoms with van der Waals surface area (Å²) in [5, 5.41) is 1.25. The number of rotatable bonds is 1. The molecule has 0 saturated carbocycles. The van der Waals surface area contributed by atoms with Crippen LogP contribution in [0.25, 0.3) is 0 Å². The van der Waals surface area contributed by atoms with Crippen LogP contribution < -0.4 is 0 Å². The van der Waals surface area contributed by atoms with Crippen molar-refractivity contribution in [2.24, 2.45) is 4.99 Å². The summed E-state index contributed by atoms with van der Waals surface area (Å²) in [6.45, 7) is 2.25. The van der Waals surface area contributed by atoms with Gasteiger partial charge in [0, 0.05) is 18.8 Å². The Morgan fingerprint density at radius 2 is 2.07 bits per heavy atom. The zero-order chi connectivity index (χ0) is 9.38. The van der Waals surface area contributed by atoms with Crippen LogP contribution in [-0.2, 0) is 0 Å². The zero-order valence-corrected chi connectivity index (χ0v) is 8.70. The van der Waals surface area contributed by atoms with Crippen LogP contribution in [0.1, 0.15) is 11.6 Å². The molecule has 3 rings (SSSR count). The maximum absolute atomic E-state index is 4.73. The van der Waals surface area contributed by atoms with Crippen molar-refractivity contribution in [2.45, 2.75) is 6.04 Å². The van der Waals surface area contributed by atoms with E-state index in [1.807, 2.05) is 11.8 Å². The van der Waals surface area contributed by atoms with Gasteiger partial charge in [0.1, 0.15) is 0 Å². The predicted octanol–water partition coefficient (Wildman–Crippen LogP) is 1.50. The molecule has 0 unspecified atom stereocenters. The Labute approximate surface area is 116 Å². The van der Waals surface area contributed by atoms with Gasteiger partial charge in [-0.2, -0.15) is 0 Å². The van der Waals surface area contributed by atoms with Gasteiger partial charge in [-0.05, 0) is 5.56 Å². The Kier molecular flexibility index (Phi) is 3.78. The van der Waals surface area contributed by atoms with E-state index in [1.54, 1.807) is 0 Å². The number of nitrogens with zero attached hydrogens (tertiary/aromatic N) is 2. The zero-order valence-electron chi connectivity index (χ0n) is 7.89. The fourth-order valence-electron chi connectivity index (χ4n) is 1.96. The largest absolute Gasteiger partial charge is 0.348 e. The molecule has 2 heterocycles. The smallest absolute Gasteiger partial charge is 0.160 e. The van der Waals surface area contributed by atoms with Crippen molar-refractivity contribution in [2.75, 3.05) is 18.8 Å². The summed E-state index contributed by atoms with van der Waals surface area (Å²) in [5.41, 5.74) is 1.34. The number of benzene rings is 1. The molecular weight excluding hydrogens is 215 g/mol. The second kappa shape index (κ2) is 4.91. The molecular formula is C11H13N2NaS. The van der Waals surface area contributed by atoms with Gasteiger partial charge in [0.2, 0.25) is 0 Å².